The summed E-state index contributed by atoms with van der Waals surface area (Å²) in [6.07, 6.45) is 8.81. The Kier molecular flexibility index (Phi) is 4.81. The van der Waals surface area contributed by atoms with Crippen LogP contribution in [0.3, 0.4) is 0 Å². The zero-order valence-electron chi connectivity index (χ0n) is 19.1. The van der Waals surface area contributed by atoms with Gasteiger partial charge in [0, 0.05) is 29.6 Å². The van der Waals surface area contributed by atoms with Crippen LogP contribution in [-0.4, -0.2) is 49.5 Å². The standard InChI is InChI=1S/C26H34N2O4/c1-25-7-3-8-26(15-31-26)23(25)11-19-20(24(29)32-22(19)12-25)14-27-9-6-16-13-28-21-5-4-17(30-2)10-18(16)21/h4-5,10,13,19-20,22-23,27-28H,3,6-9,11-12,14-15H2,1-2H3/t19-,20-,22-,23-,25-,26+/m1/s1. The van der Waals surface area contributed by atoms with Gasteiger partial charge in [-0.15, -0.1) is 0 Å². The minimum absolute atomic E-state index is 0.00246. The van der Waals surface area contributed by atoms with Gasteiger partial charge in [0.15, 0.2) is 0 Å². The molecule has 0 radical (unpaired) electrons. The van der Waals surface area contributed by atoms with Crippen LogP contribution >= 0.6 is 0 Å². The Morgan fingerprint density at radius 3 is 3.00 bits per heavy atom. The number of carbonyl (C=O) groups is 1. The summed E-state index contributed by atoms with van der Waals surface area (Å²) in [5, 5.41) is 4.76. The Morgan fingerprint density at radius 1 is 1.31 bits per heavy atom. The topological polar surface area (TPSA) is 75.9 Å². The van der Waals surface area contributed by atoms with E-state index >= 15 is 0 Å². The normalized spacial score (nSPS) is 37.9. The van der Waals surface area contributed by atoms with E-state index in [1.807, 2.05) is 6.07 Å². The maximum Gasteiger partial charge on any atom is 0.310 e. The lowest BCUT2D eigenvalue weighted by Gasteiger charge is -2.51. The van der Waals surface area contributed by atoms with Crippen molar-refractivity contribution in [2.24, 2.45) is 23.2 Å². The van der Waals surface area contributed by atoms with Gasteiger partial charge in [-0.3, -0.25) is 4.79 Å². The van der Waals surface area contributed by atoms with Crippen molar-refractivity contribution < 1.29 is 19.0 Å². The quantitative estimate of drug-likeness (QED) is 0.407. The average Bonchev–Trinajstić information content (AvgIpc) is 3.33. The minimum Gasteiger partial charge on any atom is -0.497 e. The highest BCUT2D eigenvalue weighted by atomic mass is 16.6. The van der Waals surface area contributed by atoms with E-state index in [4.69, 9.17) is 14.2 Å². The Balaban J connectivity index is 1.09. The molecule has 2 aliphatic heterocycles. The van der Waals surface area contributed by atoms with Crippen LogP contribution < -0.4 is 10.1 Å². The summed E-state index contributed by atoms with van der Waals surface area (Å²) in [4.78, 5) is 16.1. The van der Waals surface area contributed by atoms with Crippen LogP contribution in [-0.2, 0) is 20.7 Å². The van der Waals surface area contributed by atoms with Gasteiger partial charge in [-0.1, -0.05) is 6.92 Å². The molecule has 2 N–H and O–H groups in total. The first-order valence-electron chi connectivity index (χ1n) is 12.2. The molecule has 1 aromatic carbocycles. The molecular formula is C26H34N2O4. The third-order valence-electron chi connectivity index (χ3n) is 8.99. The van der Waals surface area contributed by atoms with E-state index in [0.29, 0.717) is 18.4 Å². The zero-order chi connectivity index (χ0) is 21.9. The number of ether oxygens (including phenoxy) is 3. The second-order valence-corrected chi connectivity index (χ2v) is 10.8. The molecule has 6 atom stereocenters. The number of hydrogen-bond acceptors (Lipinski definition) is 5. The maximum atomic E-state index is 12.8. The molecular weight excluding hydrogens is 404 g/mol. The van der Waals surface area contributed by atoms with Crippen molar-refractivity contribution in [3.05, 3.63) is 30.0 Å². The van der Waals surface area contributed by atoms with Gasteiger partial charge in [-0.05, 0) is 80.2 Å². The number of methoxy groups -OCH3 is 1. The first-order chi connectivity index (χ1) is 15.5. The number of H-pyrrole nitrogens is 1. The number of aromatic nitrogens is 1. The van der Waals surface area contributed by atoms with Gasteiger partial charge in [-0.2, -0.15) is 0 Å². The number of esters is 1. The fraction of sp³-hybridized carbons (Fsp3) is 0.654. The number of fused-ring (bicyclic) bond motifs is 4. The largest absolute Gasteiger partial charge is 0.497 e. The molecule has 0 unspecified atom stereocenters. The highest BCUT2D eigenvalue weighted by Crippen LogP contribution is 2.62. The van der Waals surface area contributed by atoms with Crippen molar-refractivity contribution in [1.82, 2.24) is 10.3 Å². The van der Waals surface area contributed by atoms with Gasteiger partial charge in [0.05, 0.1) is 25.2 Å². The number of hydrogen-bond donors (Lipinski definition) is 2. The van der Waals surface area contributed by atoms with Gasteiger partial charge in [0.1, 0.15) is 11.9 Å². The van der Waals surface area contributed by atoms with Gasteiger partial charge in [0.25, 0.3) is 0 Å². The van der Waals surface area contributed by atoms with E-state index in [1.54, 1.807) is 7.11 Å². The van der Waals surface area contributed by atoms with Gasteiger partial charge < -0.3 is 24.5 Å². The van der Waals surface area contributed by atoms with E-state index < -0.39 is 0 Å². The lowest BCUT2D eigenvalue weighted by molar-refractivity contribution is -0.147. The van der Waals surface area contributed by atoms with Crippen molar-refractivity contribution in [3.8, 4) is 5.75 Å². The number of benzene rings is 1. The highest BCUT2D eigenvalue weighted by molar-refractivity contribution is 5.84. The molecule has 2 saturated heterocycles. The molecule has 0 amide bonds. The van der Waals surface area contributed by atoms with Crippen molar-refractivity contribution in [3.63, 3.8) is 0 Å². The third-order valence-corrected chi connectivity index (χ3v) is 8.99. The molecule has 1 spiro atoms. The zero-order valence-corrected chi connectivity index (χ0v) is 19.1. The number of epoxide rings is 1. The molecule has 4 fully saturated rings. The average molecular weight is 439 g/mol. The molecule has 0 bridgehead atoms. The summed E-state index contributed by atoms with van der Waals surface area (Å²) >= 11 is 0. The first kappa shape index (κ1) is 20.5. The molecule has 6 nitrogen and oxygen atoms in total. The van der Waals surface area contributed by atoms with E-state index in [2.05, 4.69) is 35.6 Å². The summed E-state index contributed by atoms with van der Waals surface area (Å²) in [7, 11) is 1.70. The predicted molar refractivity (Wildman–Crippen MR) is 122 cm³/mol. The number of aromatic amines is 1. The monoisotopic (exact) mass is 438 g/mol. The van der Waals surface area contributed by atoms with Gasteiger partial charge in [0.2, 0.25) is 0 Å². The summed E-state index contributed by atoms with van der Waals surface area (Å²) in [5.74, 6) is 1.73. The molecule has 6 rings (SSSR count). The fourth-order valence-electron chi connectivity index (χ4n) is 7.16. The number of nitrogens with one attached hydrogen (secondary N) is 2. The van der Waals surface area contributed by atoms with Crippen LogP contribution in [0, 0.1) is 23.2 Å². The van der Waals surface area contributed by atoms with E-state index in [9.17, 15) is 4.79 Å². The highest BCUT2D eigenvalue weighted by Gasteiger charge is 2.64. The molecule has 32 heavy (non-hydrogen) atoms. The van der Waals surface area contributed by atoms with Crippen molar-refractivity contribution >= 4 is 16.9 Å². The Morgan fingerprint density at radius 2 is 2.19 bits per heavy atom. The van der Waals surface area contributed by atoms with Crippen molar-refractivity contribution in [1.29, 1.82) is 0 Å². The molecule has 2 aromatic rings. The smallest absolute Gasteiger partial charge is 0.310 e. The Labute approximate surface area is 189 Å². The lowest BCUT2D eigenvalue weighted by Crippen LogP contribution is -2.51. The van der Waals surface area contributed by atoms with Crippen LogP contribution in [0.25, 0.3) is 10.9 Å². The van der Waals surface area contributed by atoms with Crippen molar-refractivity contribution in [2.45, 2.75) is 57.2 Å². The second kappa shape index (κ2) is 7.49. The summed E-state index contributed by atoms with van der Waals surface area (Å²) < 4.78 is 17.3. The summed E-state index contributed by atoms with van der Waals surface area (Å²) in [5.41, 5.74) is 2.76. The Hall–Kier alpha value is -2.05. The van der Waals surface area contributed by atoms with Gasteiger partial charge >= 0.3 is 5.97 Å². The van der Waals surface area contributed by atoms with E-state index in [1.165, 1.54) is 30.2 Å². The van der Waals surface area contributed by atoms with E-state index in [-0.39, 0.29) is 29.0 Å². The second-order valence-electron chi connectivity index (χ2n) is 10.8. The SMILES string of the molecule is COc1ccc2[nH]cc(CCNC[C@H]3C(=O)O[C@@H]4C[C@@]5(C)CCC[C@]6(CO6)[C@@H]5C[C@@H]43)c2c1. The van der Waals surface area contributed by atoms with Crippen LogP contribution in [0.4, 0.5) is 0 Å². The van der Waals surface area contributed by atoms with Crippen LogP contribution in [0.5, 0.6) is 5.75 Å². The maximum absolute atomic E-state index is 12.8. The predicted octanol–water partition coefficient (Wildman–Crippen LogP) is 3.84. The number of rotatable bonds is 6. The third kappa shape index (κ3) is 3.26. The van der Waals surface area contributed by atoms with Crippen LogP contribution in [0.15, 0.2) is 24.4 Å². The van der Waals surface area contributed by atoms with E-state index in [0.717, 1.165) is 43.7 Å². The number of carbonyl (C=O) groups excluding carboxylic acids is 1. The molecule has 6 heteroatoms. The molecule has 172 valence electrons. The van der Waals surface area contributed by atoms with Crippen LogP contribution in [0.1, 0.15) is 44.6 Å². The first-order valence-corrected chi connectivity index (χ1v) is 12.2. The minimum atomic E-state index is -0.0367. The molecule has 4 aliphatic rings. The summed E-state index contributed by atoms with van der Waals surface area (Å²) in [6, 6.07) is 6.11. The molecule has 3 heterocycles. The molecule has 1 aromatic heterocycles. The lowest BCUT2D eigenvalue weighted by atomic mass is 9.53. The Bertz CT molecular complexity index is 1030. The fourth-order valence-corrected chi connectivity index (χ4v) is 7.16. The molecule has 2 aliphatic carbocycles. The summed E-state index contributed by atoms with van der Waals surface area (Å²) in [6.45, 7) is 4.85. The molecule has 2 saturated carbocycles. The van der Waals surface area contributed by atoms with Gasteiger partial charge in [-0.25, -0.2) is 0 Å². The van der Waals surface area contributed by atoms with Crippen LogP contribution in [0.2, 0.25) is 0 Å². The van der Waals surface area contributed by atoms with Crippen molar-refractivity contribution in [2.75, 3.05) is 26.8 Å².